The minimum absolute atomic E-state index is 0.111. The number of methoxy groups -OCH3 is 1. The number of ether oxygens (including phenoxy) is 1. The molecule has 0 amide bonds. The van der Waals surface area contributed by atoms with Crippen LogP contribution in [-0.4, -0.2) is 24.0 Å². The Balaban J connectivity index is 1.96. The molecule has 0 saturated heterocycles. The van der Waals surface area contributed by atoms with Gasteiger partial charge in [0, 0.05) is 22.5 Å². The average molecular weight is 475 g/mol. The summed E-state index contributed by atoms with van der Waals surface area (Å²) in [4.78, 5) is 12.0. The molecule has 0 bridgehead atoms. The van der Waals surface area contributed by atoms with E-state index in [1.807, 2.05) is 0 Å². The maximum atomic E-state index is 13.9. The van der Waals surface area contributed by atoms with Gasteiger partial charge in [-0.05, 0) is 42.5 Å². The molecular weight excluding hydrogens is 454 g/mol. The molecule has 3 aromatic rings. The number of nitrogens with zero attached hydrogens (tertiary/aromatic N) is 2. The average Bonchev–Trinajstić information content (AvgIpc) is 2.80. The molecule has 178 valence electrons. The monoisotopic (exact) mass is 475 g/mol. The van der Waals surface area contributed by atoms with Gasteiger partial charge in [-0.2, -0.15) is 13.2 Å². The number of alkyl halides is 3. The highest BCUT2D eigenvalue weighted by molar-refractivity contribution is 6.05. The zero-order chi connectivity index (χ0) is 24.9. The number of amidine groups is 1. The molecule has 7 nitrogen and oxygen atoms in total. The Kier molecular flexibility index (Phi) is 7.37. The van der Waals surface area contributed by atoms with Crippen LogP contribution in [-0.2, 0) is 17.5 Å². The summed E-state index contributed by atoms with van der Waals surface area (Å²) in [6.07, 6.45) is -4.53. The lowest BCUT2D eigenvalue weighted by Gasteiger charge is -2.17. The van der Waals surface area contributed by atoms with Crippen molar-refractivity contribution in [2.24, 2.45) is 16.7 Å². The molecule has 0 fully saturated rings. The number of anilines is 2. The molecule has 0 aromatic heterocycles. The van der Waals surface area contributed by atoms with E-state index in [2.05, 4.69) is 10.4 Å². The molecule has 0 saturated carbocycles. The molecule has 3 rings (SSSR count). The highest BCUT2D eigenvalue weighted by atomic mass is 19.4. The molecule has 0 aliphatic rings. The van der Waals surface area contributed by atoms with E-state index in [-0.39, 0.29) is 40.4 Å². The molecule has 34 heavy (non-hydrogen) atoms. The lowest BCUT2D eigenvalue weighted by molar-refractivity contribution is -0.137. The number of carbonyl (C=O) groups is 1. The Morgan fingerprint density at radius 3 is 2.50 bits per heavy atom. The van der Waals surface area contributed by atoms with Crippen LogP contribution in [0.25, 0.3) is 0 Å². The summed E-state index contributed by atoms with van der Waals surface area (Å²) in [6, 6.07) is 14.7. The van der Waals surface area contributed by atoms with Gasteiger partial charge in [-0.25, -0.2) is 20.1 Å². The summed E-state index contributed by atoms with van der Waals surface area (Å²) >= 11 is 0. The Hall–Kier alpha value is -4.12. The lowest BCUT2D eigenvalue weighted by Crippen LogP contribution is -2.30. The van der Waals surface area contributed by atoms with Crippen LogP contribution in [0.15, 0.2) is 71.8 Å². The van der Waals surface area contributed by atoms with E-state index in [4.69, 9.17) is 16.3 Å². The quantitative estimate of drug-likeness (QED) is 0.117. The second-order valence-electron chi connectivity index (χ2n) is 7.13. The number of rotatable bonds is 7. The minimum atomic E-state index is -4.53. The van der Waals surface area contributed by atoms with Crippen LogP contribution in [0.3, 0.4) is 0 Å². The molecule has 0 atom stereocenters. The van der Waals surface area contributed by atoms with Gasteiger partial charge >= 0.3 is 12.1 Å². The van der Waals surface area contributed by atoms with Crippen LogP contribution in [0.4, 0.5) is 28.9 Å². The summed E-state index contributed by atoms with van der Waals surface area (Å²) in [7, 11) is 1.20. The van der Waals surface area contributed by atoms with Gasteiger partial charge in [0.05, 0.1) is 24.8 Å². The van der Waals surface area contributed by atoms with Crippen molar-refractivity contribution in [3.05, 3.63) is 94.8 Å². The number of nitrogens with two attached hydrogens (primary N) is 2. The van der Waals surface area contributed by atoms with E-state index in [0.29, 0.717) is 0 Å². The van der Waals surface area contributed by atoms with Crippen molar-refractivity contribution in [1.82, 2.24) is 5.12 Å². The molecule has 0 heterocycles. The fourth-order valence-corrected chi connectivity index (χ4v) is 3.07. The van der Waals surface area contributed by atoms with Gasteiger partial charge in [0.2, 0.25) is 0 Å². The summed E-state index contributed by atoms with van der Waals surface area (Å²) < 4.78 is 57.9. The van der Waals surface area contributed by atoms with E-state index in [1.165, 1.54) is 55.6 Å². The molecule has 5 N–H and O–H groups in total. The van der Waals surface area contributed by atoms with Gasteiger partial charge in [-0.3, -0.25) is 0 Å². The smallest absolute Gasteiger partial charge is 0.416 e. The second-order valence-corrected chi connectivity index (χ2v) is 7.13. The Labute approximate surface area is 192 Å². The molecule has 11 heteroatoms. The van der Waals surface area contributed by atoms with Crippen molar-refractivity contribution in [2.75, 3.05) is 12.4 Å². The van der Waals surface area contributed by atoms with Gasteiger partial charge in [-0.15, -0.1) is 5.10 Å². The van der Waals surface area contributed by atoms with Gasteiger partial charge in [-0.1, -0.05) is 24.3 Å². The van der Waals surface area contributed by atoms with Gasteiger partial charge in [0.25, 0.3) is 0 Å². The first kappa shape index (κ1) is 24.5. The summed E-state index contributed by atoms with van der Waals surface area (Å²) in [6.45, 7) is -0.111. The number of nitrogens with one attached hydrogen (secondary N) is 1. The first-order valence-corrected chi connectivity index (χ1v) is 9.85. The number of hydrazone groups is 1. The Bertz CT molecular complexity index is 1210. The van der Waals surface area contributed by atoms with Crippen LogP contribution in [0.1, 0.15) is 27.0 Å². The van der Waals surface area contributed by atoms with Crippen molar-refractivity contribution < 1.29 is 27.1 Å². The first-order valence-electron chi connectivity index (χ1n) is 9.85. The van der Waals surface area contributed by atoms with Crippen LogP contribution >= 0.6 is 0 Å². The van der Waals surface area contributed by atoms with Gasteiger partial charge in [0.1, 0.15) is 5.82 Å². The van der Waals surface area contributed by atoms with Gasteiger partial charge in [0.15, 0.2) is 5.84 Å². The zero-order valence-electron chi connectivity index (χ0n) is 17.9. The fraction of sp³-hybridized carbons (Fsp3) is 0.130. The normalized spacial score (nSPS) is 11.8. The van der Waals surface area contributed by atoms with Crippen LogP contribution in [0.2, 0.25) is 0 Å². The third-order valence-electron chi connectivity index (χ3n) is 4.71. The molecule has 0 aliphatic carbocycles. The van der Waals surface area contributed by atoms with Crippen LogP contribution in [0, 0.1) is 5.82 Å². The first-order chi connectivity index (χ1) is 16.1. The Morgan fingerprint density at radius 1 is 1.09 bits per heavy atom. The molecular formula is C23H21F4N5O2. The SMILES string of the molecule is COC(=O)c1ccc(Nc2cccc(C(F)(F)F)c2)c(/C(N)=N/N(N)Cc2ccccc2F)c1. The largest absolute Gasteiger partial charge is 0.465 e. The van der Waals surface area contributed by atoms with E-state index < -0.39 is 23.5 Å². The number of esters is 1. The highest BCUT2D eigenvalue weighted by Gasteiger charge is 2.30. The molecule has 0 radical (unpaired) electrons. The topological polar surface area (TPSA) is 106 Å². The number of carbonyl (C=O) groups excluding carboxylic acids is 1. The molecule has 0 aliphatic heterocycles. The number of halogens is 4. The van der Waals surface area contributed by atoms with Gasteiger partial charge < -0.3 is 15.8 Å². The summed E-state index contributed by atoms with van der Waals surface area (Å²) in [5.41, 5.74) is 6.23. The van der Waals surface area contributed by atoms with Crippen molar-refractivity contribution >= 4 is 23.2 Å². The molecule has 3 aromatic carbocycles. The zero-order valence-corrected chi connectivity index (χ0v) is 17.9. The standard InChI is InChI=1S/C23H21F4N5O2/c1-34-22(33)14-9-10-20(30-17-7-4-6-16(12-17)23(25,26)27)18(11-14)21(28)31-32(29)13-15-5-2-3-8-19(15)24/h2-12,30H,13,29H2,1H3,(H2,28,31). The predicted octanol–water partition coefficient (Wildman–Crippen LogP) is 4.37. The Morgan fingerprint density at radius 2 is 1.82 bits per heavy atom. The number of hydrogen-bond donors (Lipinski definition) is 3. The molecule has 0 spiro atoms. The second kappa shape index (κ2) is 10.2. The molecule has 0 unspecified atom stereocenters. The van der Waals surface area contributed by atoms with E-state index in [0.717, 1.165) is 17.3 Å². The maximum absolute atomic E-state index is 13.9. The van der Waals surface area contributed by atoms with Crippen LogP contribution < -0.4 is 16.9 Å². The van der Waals surface area contributed by atoms with Crippen molar-refractivity contribution in [3.63, 3.8) is 0 Å². The number of hydrazine groups is 1. The van der Waals surface area contributed by atoms with E-state index >= 15 is 0 Å². The summed E-state index contributed by atoms with van der Waals surface area (Å²) in [5, 5.41) is 7.79. The number of benzene rings is 3. The third-order valence-corrected chi connectivity index (χ3v) is 4.71. The number of hydrogen-bond acceptors (Lipinski definition) is 6. The maximum Gasteiger partial charge on any atom is 0.416 e. The minimum Gasteiger partial charge on any atom is -0.465 e. The van der Waals surface area contributed by atoms with Crippen molar-refractivity contribution in [2.45, 2.75) is 12.7 Å². The van der Waals surface area contributed by atoms with Crippen LogP contribution in [0.5, 0.6) is 0 Å². The van der Waals surface area contributed by atoms with Crippen molar-refractivity contribution in [3.8, 4) is 0 Å². The van der Waals surface area contributed by atoms with Crippen molar-refractivity contribution in [1.29, 1.82) is 0 Å². The predicted molar refractivity (Wildman–Crippen MR) is 119 cm³/mol. The lowest BCUT2D eigenvalue weighted by atomic mass is 10.1. The third kappa shape index (κ3) is 6.01. The highest BCUT2D eigenvalue weighted by Crippen LogP contribution is 2.32. The fourth-order valence-electron chi connectivity index (χ4n) is 3.07. The van der Waals surface area contributed by atoms with E-state index in [9.17, 15) is 22.4 Å². The van der Waals surface area contributed by atoms with E-state index in [1.54, 1.807) is 6.07 Å². The summed E-state index contributed by atoms with van der Waals surface area (Å²) in [5.74, 6) is 4.56.